The zero-order chi connectivity index (χ0) is 11.4. The second kappa shape index (κ2) is 5.69. The van der Waals surface area contributed by atoms with E-state index >= 15 is 0 Å². The van der Waals surface area contributed by atoms with Crippen molar-refractivity contribution >= 4 is 28.6 Å². The normalized spacial score (nSPS) is 14.9. The van der Waals surface area contributed by atoms with E-state index in [0.29, 0.717) is 16.6 Å². The van der Waals surface area contributed by atoms with Gasteiger partial charge in [-0.15, -0.1) is 0 Å². The smallest absolute Gasteiger partial charge is 0.253 e. The minimum absolute atomic E-state index is 0.152. The quantitative estimate of drug-likeness (QED) is 0.622. The predicted octanol–water partition coefficient (Wildman–Crippen LogP) is 0.852. The number of H-pyrrole nitrogens is 1. The number of thiol groups is 1. The summed E-state index contributed by atoms with van der Waals surface area (Å²) in [5.41, 5.74) is -0.248. The first kappa shape index (κ1) is 12.8. The summed E-state index contributed by atoms with van der Waals surface area (Å²) in [5.74, 6) is 0.449. The topological polar surface area (TPSA) is 73.3 Å². The van der Waals surface area contributed by atoms with E-state index in [9.17, 15) is 15.0 Å². The number of hydrogen-bond acceptors (Lipinski definition) is 4. The SMILES string of the molecule is O=c1[nH]cc(Br)cc1C(O)C(O)CCS. The van der Waals surface area contributed by atoms with Crippen molar-refractivity contribution in [2.24, 2.45) is 0 Å². The fourth-order valence-electron chi connectivity index (χ4n) is 1.19. The molecule has 0 aliphatic heterocycles. The number of nitrogens with one attached hydrogen (secondary N) is 1. The molecule has 84 valence electrons. The lowest BCUT2D eigenvalue weighted by Crippen LogP contribution is -2.25. The second-order valence-electron chi connectivity index (χ2n) is 3.13. The van der Waals surface area contributed by atoms with Gasteiger partial charge in [0.05, 0.1) is 6.10 Å². The number of rotatable bonds is 4. The summed E-state index contributed by atoms with van der Waals surface area (Å²) in [6.07, 6.45) is -0.351. The Balaban J connectivity index is 2.94. The van der Waals surface area contributed by atoms with Gasteiger partial charge in [0.1, 0.15) is 6.10 Å². The summed E-state index contributed by atoms with van der Waals surface area (Å²) >= 11 is 7.12. The standard InChI is InChI=1S/C9H12BrNO3S/c10-5-3-6(9(14)11-4-5)8(13)7(12)1-2-15/h3-4,7-8,12-13,15H,1-2H2,(H,11,14). The van der Waals surface area contributed by atoms with Crippen LogP contribution in [0.15, 0.2) is 21.5 Å². The van der Waals surface area contributed by atoms with Crippen LogP contribution in [-0.2, 0) is 0 Å². The Morgan fingerprint density at radius 1 is 1.53 bits per heavy atom. The van der Waals surface area contributed by atoms with E-state index < -0.39 is 17.8 Å². The lowest BCUT2D eigenvalue weighted by atomic mass is 10.0. The van der Waals surface area contributed by atoms with E-state index in [1.54, 1.807) is 0 Å². The van der Waals surface area contributed by atoms with E-state index in [1.807, 2.05) is 0 Å². The van der Waals surface area contributed by atoms with Gasteiger partial charge >= 0.3 is 0 Å². The summed E-state index contributed by atoms with van der Waals surface area (Å²) < 4.78 is 0.647. The van der Waals surface area contributed by atoms with Gasteiger partial charge in [-0.1, -0.05) is 0 Å². The molecule has 0 spiro atoms. The van der Waals surface area contributed by atoms with Crippen LogP contribution in [0.25, 0.3) is 0 Å². The highest BCUT2D eigenvalue weighted by atomic mass is 79.9. The van der Waals surface area contributed by atoms with E-state index in [-0.39, 0.29) is 5.56 Å². The first-order chi connectivity index (χ1) is 7.06. The number of aromatic amines is 1. The van der Waals surface area contributed by atoms with Crippen LogP contribution >= 0.6 is 28.6 Å². The van der Waals surface area contributed by atoms with Crippen molar-refractivity contribution in [3.05, 3.63) is 32.7 Å². The third kappa shape index (κ3) is 3.34. The van der Waals surface area contributed by atoms with Gasteiger partial charge in [-0.2, -0.15) is 12.6 Å². The van der Waals surface area contributed by atoms with Crippen LogP contribution in [0, 0.1) is 0 Å². The fraction of sp³-hybridized carbons (Fsp3) is 0.444. The summed E-state index contributed by atoms with van der Waals surface area (Å²) in [4.78, 5) is 13.8. The summed E-state index contributed by atoms with van der Waals surface area (Å²) in [6, 6.07) is 1.49. The predicted molar refractivity (Wildman–Crippen MR) is 64.2 cm³/mol. The molecule has 0 bridgehead atoms. The van der Waals surface area contributed by atoms with Crippen molar-refractivity contribution < 1.29 is 10.2 Å². The second-order valence-corrected chi connectivity index (χ2v) is 4.49. The Hall–Kier alpha value is -0.300. The number of aliphatic hydroxyl groups excluding tert-OH is 2. The molecule has 0 aliphatic carbocycles. The molecule has 1 rings (SSSR count). The van der Waals surface area contributed by atoms with Gasteiger partial charge in [0.25, 0.3) is 5.56 Å². The Morgan fingerprint density at radius 2 is 2.20 bits per heavy atom. The van der Waals surface area contributed by atoms with Crippen LogP contribution in [0.5, 0.6) is 0 Å². The van der Waals surface area contributed by atoms with Crippen molar-refractivity contribution in [3.8, 4) is 0 Å². The number of pyridine rings is 1. The minimum Gasteiger partial charge on any atom is -0.390 e. The molecular weight excluding hydrogens is 282 g/mol. The van der Waals surface area contributed by atoms with E-state index in [4.69, 9.17) is 0 Å². The molecule has 0 saturated heterocycles. The van der Waals surface area contributed by atoms with E-state index in [0.717, 1.165) is 0 Å². The molecule has 1 aromatic rings. The molecule has 1 aromatic heterocycles. The lowest BCUT2D eigenvalue weighted by molar-refractivity contribution is 0.0164. The van der Waals surface area contributed by atoms with Crippen LogP contribution in [0.3, 0.4) is 0 Å². The monoisotopic (exact) mass is 293 g/mol. The van der Waals surface area contributed by atoms with Gasteiger partial charge in [0, 0.05) is 16.2 Å². The maximum Gasteiger partial charge on any atom is 0.253 e. The van der Waals surface area contributed by atoms with E-state index in [1.165, 1.54) is 12.3 Å². The molecule has 6 heteroatoms. The van der Waals surface area contributed by atoms with Gasteiger partial charge in [-0.3, -0.25) is 4.79 Å². The zero-order valence-electron chi connectivity index (χ0n) is 7.85. The Morgan fingerprint density at radius 3 is 2.80 bits per heavy atom. The summed E-state index contributed by atoms with van der Waals surface area (Å²) in [7, 11) is 0. The number of halogens is 1. The summed E-state index contributed by atoms with van der Waals surface area (Å²) in [6.45, 7) is 0. The maximum atomic E-state index is 11.4. The number of hydrogen-bond donors (Lipinski definition) is 4. The van der Waals surface area contributed by atoms with Gasteiger partial charge in [0.2, 0.25) is 0 Å². The molecular formula is C9H12BrNO3S. The average Bonchev–Trinajstić information content (AvgIpc) is 2.21. The first-order valence-electron chi connectivity index (χ1n) is 4.41. The third-order valence-corrected chi connectivity index (χ3v) is 2.72. The van der Waals surface area contributed by atoms with Gasteiger partial charge in [-0.05, 0) is 34.2 Å². The highest BCUT2D eigenvalue weighted by molar-refractivity contribution is 9.10. The van der Waals surface area contributed by atoms with Crippen LogP contribution in [-0.4, -0.2) is 27.1 Å². The minimum atomic E-state index is -1.18. The molecule has 0 radical (unpaired) electrons. The number of aromatic nitrogens is 1. The van der Waals surface area contributed by atoms with Gasteiger partial charge in [-0.25, -0.2) is 0 Å². The maximum absolute atomic E-state index is 11.4. The molecule has 0 fully saturated rings. The lowest BCUT2D eigenvalue weighted by Gasteiger charge is -2.16. The molecule has 2 atom stereocenters. The molecule has 1 heterocycles. The Labute approximate surface area is 101 Å². The van der Waals surface area contributed by atoms with Crippen molar-refractivity contribution in [2.45, 2.75) is 18.6 Å². The molecule has 4 nitrogen and oxygen atoms in total. The molecule has 0 aromatic carbocycles. The average molecular weight is 294 g/mol. The highest BCUT2D eigenvalue weighted by Crippen LogP contribution is 2.18. The van der Waals surface area contributed by atoms with Crippen LogP contribution < -0.4 is 5.56 Å². The molecule has 0 amide bonds. The first-order valence-corrected chi connectivity index (χ1v) is 5.84. The van der Waals surface area contributed by atoms with Crippen molar-refractivity contribution in [1.82, 2.24) is 4.98 Å². The largest absolute Gasteiger partial charge is 0.390 e. The third-order valence-electron chi connectivity index (χ3n) is 2.00. The molecule has 3 N–H and O–H groups in total. The highest BCUT2D eigenvalue weighted by Gasteiger charge is 2.20. The van der Waals surface area contributed by atoms with Gasteiger partial charge in [0.15, 0.2) is 0 Å². The molecule has 0 aliphatic rings. The van der Waals surface area contributed by atoms with Gasteiger partial charge < -0.3 is 15.2 Å². The fourth-order valence-corrected chi connectivity index (χ4v) is 1.82. The molecule has 0 saturated carbocycles. The van der Waals surface area contributed by atoms with Crippen molar-refractivity contribution in [2.75, 3.05) is 5.75 Å². The Kier molecular flexibility index (Phi) is 4.85. The molecule has 15 heavy (non-hydrogen) atoms. The molecule has 2 unspecified atom stereocenters. The van der Waals surface area contributed by atoms with Crippen molar-refractivity contribution in [3.63, 3.8) is 0 Å². The van der Waals surface area contributed by atoms with Crippen LogP contribution in [0.1, 0.15) is 18.1 Å². The van der Waals surface area contributed by atoms with Crippen LogP contribution in [0.2, 0.25) is 0 Å². The van der Waals surface area contributed by atoms with Crippen molar-refractivity contribution in [1.29, 1.82) is 0 Å². The van der Waals surface area contributed by atoms with E-state index in [2.05, 4.69) is 33.5 Å². The Bertz CT molecular complexity index is 382. The summed E-state index contributed by atoms with van der Waals surface area (Å²) in [5, 5.41) is 19.2. The van der Waals surface area contributed by atoms with Crippen LogP contribution in [0.4, 0.5) is 0 Å². The zero-order valence-corrected chi connectivity index (χ0v) is 10.3. The number of aliphatic hydroxyl groups is 2.